The van der Waals surface area contributed by atoms with E-state index >= 15 is 0 Å². The molecule has 0 unspecified atom stereocenters. The first-order valence-corrected chi connectivity index (χ1v) is 6.94. The highest BCUT2D eigenvalue weighted by Crippen LogP contribution is 2.32. The molecule has 0 saturated heterocycles. The maximum atomic E-state index is 5.74. The Morgan fingerprint density at radius 2 is 2.17 bits per heavy atom. The molecule has 0 spiro atoms. The highest BCUT2D eigenvalue weighted by molar-refractivity contribution is 5.38. The number of ether oxygens (including phenoxy) is 1. The van der Waals surface area contributed by atoms with Crippen LogP contribution in [0.4, 0.5) is 5.82 Å². The second-order valence-corrected chi connectivity index (χ2v) is 5.22. The molecule has 1 aliphatic rings. The summed E-state index contributed by atoms with van der Waals surface area (Å²) in [4.78, 5) is 8.94. The van der Waals surface area contributed by atoms with Gasteiger partial charge in [0.1, 0.15) is 11.6 Å². The fourth-order valence-electron chi connectivity index (χ4n) is 1.78. The van der Waals surface area contributed by atoms with Crippen molar-refractivity contribution in [2.24, 2.45) is 5.92 Å². The molecule has 1 fully saturated rings. The lowest BCUT2D eigenvalue weighted by Gasteiger charge is -2.11. The van der Waals surface area contributed by atoms with Crippen molar-refractivity contribution in [3.63, 3.8) is 0 Å². The number of hydrogen-bond donors (Lipinski definition) is 1. The minimum absolute atomic E-state index is 0.314. The van der Waals surface area contributed by atoms with Crippen LogP contribution in [0.3, 0.4) is 0 Å². The molecule has 0 amide bonds. The number of nitrogens with one attached hydrogen (secondary N) is 1. The summed E-state index contributed by atoms with van der Waals surface area (Å²) in [6, 6.07) is 1.89. The van der Waals surface area contributed by atoms with E-state index in [-0.39, 0.29) is 0 Å². The molecule has 0 bridgehead atoms. The van der Waals surface area contributed by atoms with Gasteiger partial charge in [-0.15, -0.1) is 0 Å². The van der Waals surface area contributed by atoms with Crippen molar-refractivity contribution < 1.29 is 4.74 Å². The van der Waals surface area contributed by atoms with Gasteiger partial charge in [0.2, 0.25) is 5.88 Å². The van der Waals surface area contributed by atoms with Gasteiger partial charge in [-0.25, -0.2) is 4.98 Å². The van der Waals surface area contributed by atoms with Gasteiger partial charge in [0, 0.05) is 18.5 Å². The number of anilines is 1. The topological polar surface area (TPSA) is 47.0 Å². The minimum Gasteiger partial charge on any atom is -0.478 e. The summed E-state index contributed by atoms with van der Waals surface area (Å²) in [5.74, 6) is 3.61. The zero-order valence-corrected chi connectivity index (χ0v) is 11.6. The van der Waals surface area contributed by atoms with Gasteiger partial charge in [0.25, 0.3) is 0 Å². The molecule has 100 valence electrons. The molecule has 4 heteroatoms. The molecule has 0 radical (unpaired) electrons. The first-order chi connectivity index (χ1) is 8.69. The molecule has 0 aromatic carbocycles. The van der Waals surface area contributed by atoms with Gasteiger partial charge in [-0.1, -0.05) is 26.7 Å². The molecule has 0 atom stereocenters. The molecule has 2 rings (SSSR count). The Labute approximate surface area is 109 Å². The van der Waals surface area contributed by atoms with Crippen LogP contribution in [0.2, 0.25) is 0 Å². The fraction of sp³-hybridized carbons (Fsp3) is 0.714. The SMILES string of the molecule is CCNc1cc(OCCC2CC2)nc(C(C)C)n1. The van der Waals surface area contributed by atoms with Crippen LogP contribution < -0.4 is 10.1 Å². The average molecular weight is 249 g/mol. The van der Waals surface area contributed by atoms with Crippen LogP contribution in [0.25, 0.3) is 0 Å². The number of aromatic nitrogens is 2. The van der Waals surface area contributed by atoms with Crippen LogP contribution in [-0.4, -0.2) is 23.1 Å². The molecular formula is C14H23N3O. The van der Waals surface area contributed by atoms with Crippen molar-refractivity contribution in [3.8, 4) is 5.88 Å². The van der Waals surface area contributed by atoms with E-state index in [0.29, 0.717) is 11.8 Å². The smallest absolute Gasteiger partial charge is 0.218 e. The van der Waals surface area contributed by atoms with Gasteiger partial charge in [-0.05, 0) is 19.3 Å². The average Bonchev–Trinajstić information content (AvgIpc) is 3.13. The summed E-state index contributed by atoms with van der Waals surface area (Å²) in [7, 11) is 0. The zero-order chi connectivity index (χ0) is 13.0. The van der Waals surface area contributed by atoms with E-state index in [1.165, 1.54) is 12.8 Å². The maximum Gasteiger partial charge on any atom is 0.218 e. The van der Waals surface area contributed by atoms with Gasteiger partial charge in [0.15, 0.2) is 0 Å². The summed E-state index contributed by atoms with van der Waals surface area (Å²) in [5.41, 5.74) is 0. The molecule has 1 N–H and O–H groups in total. The lowest BCUT2D eigenvalue weighted by molar-refractivity contribution is 0.289. The minimum atomic E-state index is 0.314. The molecule has 18 heavy (non-hydrogen) atoms. The summed E-state index contributed by atoms with van der Waals surface area (Å²) in [6.07, 6.45) is 3.89. The molecule has 0 aliphatic heterocycles. The van der Waals surface area contributed by atoms with Gasteiger partial charge in [-0.3, -0.25) is 0 Å². The van der Waals surface area contributed by atoms with E-state index in [4.69, 9.17) is 4.74 Å². The van der Waals surface area contributed by atoms with E-state index in [2.05, 4.69) is 36.1 Å². The normalized spacial score (nSPS) is 14.9. The lowest BCUT2D eigenvalue weighted by atomic mass is 10.2. The van der Waals surface area contributed by atoms with Crippen molar-refractivity contribution in [2.75, 3.05) is 18.5 Å². The fourth-order valence-corrected chi connectivity index (χ4v) is 1.78. The van der Waals surface area contributed by atoms with Crippen molar-refractivity contribution >= 4 is 5.82 Å². The molecule has 1 aromatic heterocycles. The third-order valence-corrected chi connectivity index (χ3v) is 3.07. The Bertz CT molecular complexity index is 389. The van der Waals surface area contributed by atoms with Crippen LogP contribution in [0.1, 0.15) is 51.8 Å². The van der Waals surface area contributed by atoms with Gasteiger partial charge in [-0.2, -0.15) is 4.98 Å². The van der Waals surface area contributed by atoms with Crippen LogP contribution in [-0.2, 0) is 0 Å². The second-order valence-electron chi connectivity index (χ2n) is 5.22. The third kappa shape index (κ3) is 3.86. The van der Waals surface area contributed by atoms with E-state index in [1.807, 2.05) is 6.07 Å². The molecular weight excluding hydrogens is 226 g/mol. The first kappa shape index (κ1) is 13.1. The summed E-state index contributed by atoms with van der Waals surface area (Å²) < 4.78 is 5.74. The maximum absolute atomic E-state index is 5.74. The summed E-state index contributed by atoms with van der Waals surface area (Å²) >= 11 is 0. The number of nitrogens with zero attached hydrogens (tertiary/aromatic N) is 2. The predicted molar refractivity (Wildman–Crippen MR) is 73.1 cm³/mol. The standard InChI is InChI=1S/C14H23N3O/c1-4-15-12-9-13(17-14(16-12)10(2)3)18-8-7-11-5-6-11/h9-11H,4-8H2,1-3H3,(H,15,16,17). The number of rotatable bonds is 7. The molecule has 4 nitrogen and oxygen atoms in total. The van der Waals surface area contributed by atoms with Crippen LogP contribution >= 0.6 is 0 Å². The first-order valence-electron chi connectivity index (χ1n) is 6.94. The molecule has 1 aliphatic carbocycles. The largest absolute Gasteiger partial charge is 0.478 e. The second kappa shape index (κ2) is 6.03. The van der Waals surface area contributed by atoms with Crippen LogP contribution in [0, 0.1) is 5.92 Å². The number of hydrogen-bond acceptors (Lipinski definition) is 4. The summed E-state index contributed by atoms with van der Waals surface area (Å²) in [5, 5.41) is 3.22. The van der Waals surface area contributed by atoms with Crippen molar-refractivity contribution in [2.45, 2.75) is 46.0 Å². The molecule has 1 aromatic rings. The molecule has 1 heterocycles. The van der Waals surface area contributed by atoms with Crippen molar-refractivity contribution in [3.05, 3.63) is 11.9 Å². The predicted octanol–water partition coefficient (Wildman–Crippen LogP) is 3.21. The van der Waals surface area contributed by atoms with E-state index < -0.39 is 0 Å². The van der Waals surface area contributed by atoms with Crippen LogP contribution in [0.15, 0.2) is 6.07 Å². The van der Waals surface area contributed by atoms with Gasteiger partial charge < -0.3 is 10.1 Å². The Hall–Kier alpha value is -1.32. The highest BCUT2D eigenvalue weighted by atomic mass is 16.5. The van der Waals surface area contributed by atoms with Crippen LogP contribution in [0.5, 0.6) is 5.88 Å². The van der Waals surface area contributed by atoms with Gasteiger partial charge in [0.05, 0.1) is 6.61 Å². The van der Waals surface area contributed by atoms with E-state index in [1.54, 1.807) is 0 Å². The summed E-state index contributed by atoms with van der Waals surface area (Å²) in [6.45, 7) is 7.88. The van der Waals surface area contributed by atoms with Crippen molar-refractivity contribution in [1.29, 1.82) is 0 Å². The Balaban J connectivity index is 2.00. The lowest BCUT2D eigenvalue weighted by Crippen LogP contribution is -2.08. The van der Waals surface area contributed by atoms with Gasteiger partial charge >= 0.3 is 0 Å². The zero-order valence-electron chi connectivity index (χ0n) is 11.6. The monoisotopic (exact) mass is 249 g/mol. The molecule has 1 saturated carbocycles. The Morgan fingerprint density at radius 1 is 1.39 bits per heavy atom. The quantitative estimate of drug-likeness (QED) is 0.806. The van der Waals surface area contributed by atoms with Crippen molar-refractivity contribution in [1.82, 2.24) is 9.97 Å². The Morgan fingerprint density at radius 3 is 2.78 bits per heavy atom. The van der Waals surface area contributed by atoms with E-state index in [0.717, 1.165) is 37.1 Å². The Kier molecular flexibility index (Phi) is 4.39. The highest BCUT2D eigenvalue weighted by Gasteiger charge is 2.20. The third-order valence-electron chi connectivity index (χ3n) is 3.07. The van der Waals surface area contributed by atoms with E-state index in [9.17, 15) is 0 Å².